The van der Waals surface area contributed by atoms with Gasteiger partial charge in [0.1, 0.15) is 6.61 Å². The number of benzene rings is 1. The van der Waals surface area contributed by atoms with Crippen molar-refractivity contribution in [2.45, 2.75) is 32.8 Å². The normalized spacial score (nSPS) is 17.8. The van der Waals surface area contributed by atoms with Crippen molar-refractivity contribution >= 4 is 11.9 Å². The van der Waals surface area contributed by atoms with Crippen LogP contribution < -0.4 is 4.74 Å². The van der Waals surface area contributed by atoms with E-state index in [0.717, 1.165) is 18.7 Å². The average Bonchev–Trinajstić information content (AvgIpc) is 2.67. The second kappa shape index (κ2) is 12.8. The number of hydrogen-bond acceptors (Lipinski definition) is 5. The maximum Gasteiger partial charge on any atom is 0.573 e. The number of hydrogen-bond donors (Lipinski definition) is 0. The molecule has 1 saturated heterocycles. The van der Waals surface area contributed by atoms with Gasteiger partial charge in [0, 0.05) is 32.2 Å². The summed E-state index contributed by atoms with van der Waals surface area (Å²) in [4.78, 5) is 2.09. The SMILES string of the molecule is C#CCOCC1CN(SC=C)CCN1Cc1ccc(OC(F)(F)F)c(F)c1.CC. The van der Waals surface area contributed by atoms with E-state index in [1.807, 2.05) is 13.8 Å². The fraction of sp³-hybridized carbons (Fsp3) is 0.500. The van der Waals surface area contributed by atoms with Crippen molar-refractivity contribution in [3.05, 3.63) is 41.6 Å². The van der Waals surface area contributed by atoms with Crippen LogP contribution in [0.5, 0.6) is 5.75 Å². The third-order valence-electron chi connectivity index (χ3n) is 3.89. The van der Waals surface area contributed by atoms with E-state index in [1.165, 1.54) is 18.0 Å². The maximum absolute atomic E-state index is 13.9. The van der Waals surface area contributed by atoms with Gasteiger partial charge in [-0.3, -0.25) is 4.90 Å². The molecule has 1 atom stereocenters. The average molecular weight is 434 g/mol. The third kappa shape index (κ3) is 9.09. The highest BCUT2D eigenvalue weighted by atomic mass is 32.2. The Balaban J connectivity index is 0.00000204. The van der Waals surface area contributed by atoms with Gasteiger partial charge in [-0.15, -0.1) is 19.6 Å². The first-order valence-electron chi connectivity index (χ1n) is 9.14. The zero-order valence-electron chi connectivity index (χ0n) is 16.5. The minimum Gasteiger partial charge on any atom is -0.403 e. The summed E-state index contributed by atoms with van der Waals surface area (Å²) in [6, 6.07) is 3.49. The summed E-state index contributed by atoms with van der Waals surface area (Å²) >= 11 is 1.50. The van der Waals surface area contributed by atoms with Crippen LogP contribution >= 0.6 is 11.9 Å². The number of halogens is 4. The minimum absolute atomic E-state index is 0.00807. The van der Waals surface area contributed by atoms with Gasteiger partial charge in [0.25, 0.3) is 0 Å². The first-order chi connectivity index (χ1) is 13.8. The Morgan fingerprint density at radius 3 is 2.66 bits per heavy atom. The van der Waals surface area contributed by atoms with Crippen LogP contribution in [0.1, 0.15) is 19.4 Å². The van der Waals surface area contributed by atoms with Crippen LogP contribution in [-0.4, -0.2) is 54.5 Å². The van der Waals surface area contributed by atoms with E-state index in [4.69, 9.17) is 11.2 Å². The molecule has 9 heteroatoms. The lowest BCUT2D eigenvalue weighted by molar-refractivity contribution is -0.275. The first kappa shape index (κ1) is 25.3. The number of rotatable bonds is 8. The molecule has 2 rings (SSSR count). The summed E-state index contributed by atoms with van der Waals surface area (Å²) in [5, 5.41) is 1.74. The van der Waals surface area contributed by atoms with Crippen LogP contribution in [0.25, 0.3) is 0 Å². The second-order valence-electron chi connectivity index (χ2n) is 5.82. The highest BCUT2D eigenvalue weighted by Gasteiger charge is 2.32. The van der Waals surface area contributed by atoms with Gasteiger partial charge in [-0.25, -0.2) is 8.70 Å². The van der Waals surface area contributed by atoms with Crippen LogP contribution in [0.4, 0.5) is 17.6 Å². The van der Waals surface area contributed by atoms with Crippen molar-refractivity contribution in [3.8, 4) is 18.1 Å². The molecule has 0 amide bonds. The number of terminal acetylenes is 1. The Morgan fingerprint density at radius 1 is 1.34 bits per heavy atom. The van der Waals surface area contributed by atoms with Gasteiger partial charge < -0.3 is 9.47 Å². The topological polar surface area (TPSA) is 24.9 Å². The molecule has 0 aliphatic carbocycles. The molecule has 1 unspecified atom stereocenters. The predicted molar refractivity (Wildman–Crippen MR) is 108 cm³/mol. The van der Waals surface area contributed by atoms with E-state index in [1.54, 1.807) is 5.41 Å². The van der Waals surface area contributed by atoms with Crippen molar-refractivity contribution < 1.29 is 27.0 Å². The van der Waals surface area contributed by atoms with E-state index in [0.29, 0.717) is 31.8 Å². The Kier molecular flexibility index (Phi) is 11.1. The molecule has 1 aromatic rings. The Labute approximate surface area is 174 Å². The molecule has 0 bridgehead atoms. The van der Waals surface area contributed by atoms with Crippen molar-refractivity contribution in [1.29, 1.82) is 0 Å². The van der Waals surface area contributed by atoms with E-state index in [2.05, 4.69) is 26.4 Å². The van der Waals surface area contributed by atoms with Crippen molar-refractivity contribution in [2.75, 3.05) is 32.8 Å². The molecule has 1 aromatic carbocycles. The number of ether oxygens (including phenoxy) is 2. The third-order valence-corrected chi connectivity index (χ3v) is 4.67. The summed E-state index contributed by atoms with van der Waals surface area (Å²) in [7, 11) is 0. The lowest BCUT2D eigenvalue weighted by Crippen LogP contribution is -2.52. The van der Waals surface area contributed by atoms with Gasteiger partial charge in [0.2, 0.25) is 0 Å². The molecule has 4 nitrogen and oxygen atoms in total. The molecule has 1 aliphatic rings. The number of nitrogens with zero attached hydrogens (tertiary/aromatic N) is 2. The molecule has 0 saturated carbocycles. The Hall–Kier alpha value is -1.73. The summed E-state index contributed by atoms with van der Waals surface area (Å²) in [5.41, 5.74) is 0.550. The van der Waals surface area contributed by atoms with Gasteiger partial charge in [-0.05, 0) is 23.1 Å². The molecule has 1 fully saturated rings. The summed E-state index contributed by atoms with van der Waals surface area (Å²) in [6.45, 7) is 10.8. The fourth-order valence-corrected chi connectivity index (χ4v) is 3.43. The van der Waals surface area contributed by atoms with Crippen LogP contribution in [0.15, 0.2) is 30.2 Å². The maximum atomic E-state index is 13.9. The minimum atomic E-state index is -4.93. The Morgan fingerprint density at radius 2 is 2.07 bits per heavy atom. The summed E-state index contributed by atoms with van der Waals surface area (Å²) < 4.78 is 61.9. The van der Waals surface area contributed by atoms with E-state index in [-0.39, 0.29) is 12.6 Å². The molecular formula is C20H26F4N2O2S. The lowest BCUT2D eigenvalue weighted by Gasteiger charge is -2.40. The molecule has 0 radical (unpaired) electrons. The first-order valence-corrected chi connectivity index (χ1v) is 9.98. The van der Waals surface area contributed by atoms with Crippen LogP contribution in [0, 0.1) is 18.2 Å². The molecule has 29 heavy (non-hydrogen) atoms. The van der Waals surface area contributed by atoms with Gasteiger partial charge in [-0.1, -0.05) is 44.4 Å². The monoisotopic (exact) mass is 434 g/mol. The zero-order chi connectivity index (χ0) is 21.9. The number of alkyl halides is 3. The van der Waals surface area contributed by atoms with Crippen LogP contribution in [0.3, 0.4) is 0 Å². The lowest BCUT2D eigenvalue weighted by atomic mass is 10.1. The van der Waals surface area contributed by atoms with Crippen molar-refractivity contribution in [2.24, 2.45) is 0 Å². The van der Waals surface area contributed by atoms with Gasteiger partial charge in [-0.2, -0.15) is 0 Å². The molecule has 0 spiro atoms. The largest absolute Gasteiger partial charge is 0.573 e. The molecule has 0 aromatic heterocycles. The Bertz CT molecular complexity index is 679. The summed E-state index contributed by atoms with van der Waals surface area (Å²) in [5.74, 6) is 0.519. The second-order valence-corrected chi connectivity index (χ2v) is 6.88. The van der Waals surface area contributed by atoms with E-state index < -0.39 is 17.9 Å². The standard InChI is InChI=1S/C18H20F4N2O2S.C2H6/c1-3-9-25-13-15-12-24(27-4-2)8-7-23(15)11-14-5-6-17(16(19)10-14)26-18(20,21)22;1-2/h1,4-6,10,15H,2,7-9,11-13H2;1-2H3. The quantitative estimate of drug-likeness (QED) is 0.256. The van der Waals surface area contributed by atoms with E-state index >= 15 is 0 Å². The highest BCUT2D eigenvalue weighted by Crippen LogP contribution is 2.27. The van der Waals surface area contributed by atoms with Crippen LogP contribution in [-0.2, 0) is 11.3 Å². The van der Waals surface area contributed by atoms with Gasteiger partial charge in [0.05, 0.1) is 6.61 Å². The highest BCUT2D eigenvalue weighted by molar-refractivity contribution is 7.99. The predicted octanol–water partition coefficient (Wildman–Crippen LogP) is 4.68. The van der Waals surface area contributed by atoms with Crippen LogP contribution in [0.2, 0.25) is 0 Å². The number of piperazine rings is 1. The molecule has 162 valence electrons. The molecule has 0 N–H and O–H groups in total. The van der Waals surface area contributed by atoms with Crippen molar-refractivity contribution in [1.82, 2.24) is 9.21 Å². The van der Waals surface area contributed by atoms with Gasteiger partial charge >= 0.3 is 6.36 Å². The smallest absolute Gasteiger partial charge is 0.403 e. The zero-order valence-corrected chi connectivity index (χ0v) is 17.4. The molecule has 1 aliphatic heterocycles. The fourth-order valence-electron chi connectivity index (χ4n) is 2.77. The summed E-state index contributed by atoms with van der Waals surface area (Å²) in [6.07, 6.45) is 0.272. The van der Waals surface area contributed by atoms with Gasteiger partial charge in [0.15, 0.2) is 11.6 Å². The van der Waals surface area contributed by atoms with E-state index in [9.17, 15) is 17.6 Å². The molecular weight excluding hydrogens is 408 g/mol. The van der Waals surface area contributed by atoms with Crippen molar-refractivity contribution in [3.63, 3.8) is 0 Å². The molecule has 1 heterocycles.